The summed E-state index contributed by atoms with van der Waals surface area (Å²) in [6.07, 6.45) is 0. The summed E-state index contributed by atoms with van der Waals surface area (Å²) in [5, 5.41) is 0. The number of hydrogen-bond donors (Lipinski definition) is 0. The first-order valence-electron chi connectivity index (χ1n) is 8.53. The normalized spacial score (nSPS) is 12.3. The van der Waals surface area contributed by atoms with Crippen LogP contribution in [0.3, 0.4) is 0 Å². The minimum absolute atomic E-state index is 0. The maximum Gasteiger partial charge on any atom is -0.0167 e. The molecule has 0 radical (unpaired) electrons. The summed E-state index contributed by atoms with van der Waals surface area (Å²) in [5.74, 6) is 2.82. The SMILES string of the molecule is C.C.CC(C)[C@@H](C)c1ccccc1.CC(C)[C@H](C)c1ccccc1. The quantitative estimate of drug-likeness (QED) is 0.531. The third kappa shape index (κ3) is 8.34. The molecule has 0 spiro atoms. The van der Waals surface area contributed by atoms with Crippen LogP contribution in [0.25, 0.3) is 0 Å². The zero-order valence-electron chi connectivity index (χ0n) is 15.1. The van der Waals surface area contributed by atoms with E-state index in [2.05, 4.69) is 102 Å². The lowest BCUT2D eigenvalue weighted by atomic mass is 9.91. The predicted octanol–water partition coefficient (Wildman–Crippen LogP) is 8.16. The van der Waals surface area contributed by atoms with Gasteiger partial charge in [-0.1, -0.05) is 117 Å². The van der Waals surface area contributed by atoms with Gasteiger partial charge in [-0.15, -0.1) is 0 Å². The highest BCUT2D eigenvalue weighted by molar-refractivity contribution is 5.19. The van der Waals surface area contributed by atoms with Crippen LogP contribution < -0.4 is 0 Å². The topological polar surface area (TPSA) is 0 Å². The van der Waals surface area contributed by atoms with Gasteiger partial charge >= 0.3 is 0 Å². The minimum atomic E-state index is 0. The number of rotatable bonds is 4. The van der Waals surface area contributed by atoms with E-state index >= 15 is 0 Å². The van der Waals surface area contributed by atoms with Crippen LogP contribution >= 0.6 is 0 Å². The lowest BCUT2D eigenvalue weighted by Crippen LogP contribution is -2.00. The highest BCUT2D eigenvalue weighted by Gasteiger charge is 2.08. The lowest BCUT2D eigenvalue weighted by Gasteiger charge is -2.15. The summed E-state index contributed by atoms with van der Waals surface area (Å²) in [5.41, 5.74) is 2.89. The Bertz CT molecular complexity index is 447. The van der Waals surface area contributed by atoms with Crippen LogP contribution in [-0.4, -0.2) is 0 Å². The van der Waals surface area contributed by atoms with Crippen molar-refractivity contribution in [1.82, 2.24) is 0 Å². The molecule has 0 amide bonds. The van der Waals surface area contributed by atoms with Crippen LogP contribution in [0.15, 0.2) is 60.7 Å². The zero-order chi connectivity index (χ0) is 16.5. The van der Waals surface area contributed by atoms with Crippen molar-refractivity contribution in [1.29, 1.82) is 0 Å². The van der Waals surface area contributed by atoms with Crippen molar-refractivity contribution in [2.75, 3.05) is 0 Å². The number of hydrogen-bond acceptors (Lipinski definition) is 0. The Morgan fingerprint density at radius 2 is 0.708 bits per heavy atom. The van der Waals surface area contributed by atoms with Gasteiger partial charge in [0.2, 0.25) is 0 Å². The third-order valence-corrected chi connectivity index (χ3v) is 4.65. The molecule has 0 N–H and O–H groups in total. The molecular weight excluding hydrogens is 288 g/mol. The molecule has 0 fully saturated rings. The molecule has 136 valence electrons. The van der Waals surface area contributed by atoms with Crippen molar-refractivity contribution in [3.8, 4) is 0 Å². The Hall–Kier alpha value is -1.56. The molecule has 24 heavy (non-hydrogen) atoms. The van der Waals surface area contributed by atoms with E-state index in [0.717, 1.165) is 11.8 Å². The van der Waals surface area contributed by atoms with Crippen LogP contribution in [0.2, 0.25) is 0 Å². The van der Waals surface area contributed by atoms with Gasteiger partial charge in [0.15, 0.2) is 0 Å². The molecule has 2 aromatic rings. The summed E-state index contributed by atoms with van der Waals surface area (Å²) in [7, 11) is 0. The minimum Gasteiger partial charge on any atom is -0.0776 e. The molecule has 0 saturated carbocycles. The molecule has 0 saturated heterocycles. The van der Waals surface area contributed by atoms with E-state index in [9.17, 15) is 0 Å². The molecule has 0 aliphatic heterocycles. The summed E-state index contributed by atoms with van der Waals surface area (Å²) < 4.78 is 0. The van der Waals surface area contributed by atoms with Crippen molar-refractivity contribution in [2.24, 2.45) is 11.8 Å². The zero-order valence-corrected chi connectivity index (χ0v) is 15.1. The summed E-state index contributed by atoms with van der Waals surface area (Å²) >= 11 is 0. The van der Waals surface area contributed by atoms with Crippen LogP contribution in [0, 0.1) is 11.8 Å². The van der Waals surface area contributed by atoms with Gasteiger partial charge < -0.3 is 0 Å². The van der Waals surface area contributed by atoms with Crippen LogP contribution in [0.1, 0.15) is 79.4 Å². The molecule has 0 heteroatoms. The smallest absolute Gasteiger partial charge is 0.0167 e. The highest BCUT2D eigenvalue weighted by atomic mass is 14.1. The molecule has 0 aliphatic rings. The van der Waals surface area contributed by atoms with Gasteiger partial charge in [-0.05, 0) is 34.8 Å². The van der Waals surface area contributed by atoms with Crippen molar-refractivity contribution in [2.45, 2.75) is 68.2 Å². The Morgan fingerprint density at radius 3 is 0.917 bits per heavy atom. The lowest BCUT2D eigenvalue weighted by molar-refractivity contribution is 0.535. The van der Waals surface area contributed by atoms with Gasteiger partial charge in [0, 0.05) is 0 Å². The fourth-order valence-electron chi connectivity index (χ4n) is 2.28. The van der Waals surface area contributed by atoms with Crippen molar-refractivity contribution < 1.29 is 0 Å². The second-order valence-electron chi connectivity index (χ2n) is 6.89. The standard InChI is InChI=1S/2C11H16.2CH4/c2*1-9(2)10(3)11-7-5-4-6-8-11;;/h2*4-10H,1-3H3;2*1H4/t2*10-;;/m10../s1. The molecular formula is C24H40. The number of benzene rings is 2. The highest BCUT2D eigenvalue weighted by Crippen LogP contribution is 2.23. The van der Waals surface area contributed by atoms with E-state index in [1.807, 2.05) is 0 Å². The maximum absolute atomic E-state index is 2.28. The molecule has 2 rings (SSSR count). The van der Waals surface area contributed by atoms with Gasteiger partial charge in [0.1, 0.15) is 0 Å². The van der Waals surface area contributed by atoms with Crippen molar-refractivity contribution >= 4 is 0 Å². The van der Waals surface area contributed by atoms with Gasteiger partial charge in [-0.2, -0.15) is 0 Å². The van der Waals surface area contributed by atoms with Crippen molar-refractivity contribution in [3.63, 3.8) is 0 Å². The average molecular weight is 329 g/mol. The molecule has 0 unspecified atom stereocenters. The second kappa shape index (κ2) is 12.8. The maximum atomic E-state index is 2.28. The van der Waals surface area contributed by atoms with Crippen LogP contribution in [0.5, 0.6) is 0 Å². The molecule has 2 aromatic carbocycles. The molecule has 0 bridgehead atoms. The second-order valence-corrected chi connectivity index (χ2v) is 6.89. The van der Waals surface area contributed by atoms with E-state index in [1.54, 1.807) is 0 Å². The summed E-state index contributed by atoms with van der Waals surface area (Å²) in [4.78, 5) is 0. The largest absolute Gasteiger partial charge is 0.0776 e. The molecule has 0 aromatic heterocycles. The summed E-state index contributed by atoms with van der Waals surface area (Å²) in [6, 6.07) is 21.3. The average Bonchev–Trinajstić information content (AvgIpc) is 2.55. The van der Waals surface area contributed by atoms with Gasteiger partial charge in [-0.3, -0.25) is 0 Å². The van der Waals surface area contributed by atoms with Crippen LogP contribution in [-0.2, 0) is 0 Å². The Morgan fingerprint density at radius 1 is 0.458 bits per heavy atom. The molecule has 2 atom stereocenters. The third-order valence-electron chi connectivity index (χ3n) is 4.65. The van der Waals surface area contributed by atoms with Gasteiger partial charge in [-0.25, -0.2) is 0 Å². The van der Waals surface area contributed by atoms with Crippen molar-refractivity contribution in [3.05, 3.63) is 71.8 Å². The Labute approximate surface area is 152 Å². The van der Waals surface area contributed by atoms with Crippen LogP contribution in [0.4, 0.5) is 0 Å². The fraction of sp³-hybridized carbons (Fsp3) is 0.500. The molecule has 0 nitrogen and oxygen atoms in total. The predicted molar refractivity (Wildman–Crippen MR) is 113 cm³/mol. The van der Waals surface area contributed by atoms with Gasteiger partial charge in [0.25, 0.3) is 0 Å². The first-order chi connectivity index (χ1) is 10.4. The van der Waals surface area contributed by atoms with Gasteiger partial charge in [0.05, 0.1) is 0 Å². The fourth-order valence-corrected chi connectivity index (χ4v) is 2.28. The monoisotopic (exact) mass is 328 g/mol. The first-order valence-corrected chi connectivity index (χ1v) is 8.53. The molecule has 0 heterocycles. The molecule has 0 aliphatic carbocycles. The van der Waals surface area contributed by atoms with E-state index in [-0.39, 0.29) is 14.9 Å². The first kappa shape index (κ1) is 24.7. The Balaban J connectivity index is 0. The van der Waals surface area contributed by atoms with E-state index in [0.29, 0.717) is 11.8 Å². The van der Waals surface area contributed by atoms with E-state index in [4.69, 9.17) is 0 Å². The van der Waals surface area contributed by atoms with E-state index in [1.165, 1.54) is 11.1 Å². The Kier molecular flexibility index (Phi) is 13.2. The van der Waals surface area contributed by atoms with E-state index < -0.39 is 0 Å². The summed E-state index contributed by atoms with van der Waals surface area (Å²) in [6.45, 7) is 13.6.